The molecule has 0 rings (SSSR count). The summed E-state index contributed by atoms with van der Waals surface area (Å²) in [5.74, 6) is -0.514. The van der Waals surface area contributed by atoms with Crippen molar-refractivity contribution >= 4 is 12.1 Å². The van der Waals surface area contributed by atoms with E-state index in [2.05, 4.69) is 23.2 Å². The van der Waals surface area contributed by atoms with Gasteiger partial charge in [-0.25, -0.2) is 9.59 Å². The molecule has 0 saturated carbocycles. The second-order valence-corrected chi connectivity index (χ2v) is 4.29. The fourth-order valence-electron chi connectivity index (χ4n) is 1.27. The van der Waals surface area contributed by atoms with Crippen LogP contribution in [0.15, 0.2) is 24.8 Å². The molecule has 0 fully saturated rings. The molecule has 1 N–H and O–H groups in total. The summed E-state index contributed by atoms with van der Waals surface area (Å²) in [6, 6.07) is -0.758. The summed E-state index contributed by atoms with van der Waals surface area (Å²) in [6.07, 6.45) is 1.94. The number of ether oxygens (including phenoxy) is 2. The van der Waals surface area contributed by atoms with Gasteiger partial charge in [0.05, 0.1) is 6.61 Å². The molecule has 0 aliphatic heterocycles. The summed E-state index contributed by atoms with van der Waals surface area (Å²) >= 11 is 0. The van der Waals surface area contributed by atoms with Gasteiger partial charge in [0.2, 0.25) is 0 Å². The Morgan fingerprint density at radius 2 is 2.05 bits per heavy atom. The molecule has 5 heteroatoms. The van der Waals surface area contributed by atoms with Crippen molar-refractivity contribution in [3.63, 3.8) is 0 Å². The van der Waals surface area contributed by atoms with E-state index in [1.165, 1.54) is 6.92 Å². The highest BCUT2D eigenvalue weighted by molar-refractivity contribution is 5.81. The molecular formula is C14H23NO4. The summed E-state index contributed by atoms with van der Waals surface area (Å²) in [5, 5.41) is 2.39. The third-order valence-electron chi connectivity index (χ3n) is 2.35. The number of hydrogen-bond donors (Lipinski definition) is 1. The Bertz CT molecular complexity index is 338. The fraction of sp³-hybridized carbons (Fsp3) is 0.571. The maximum atomic E-state index is 11.7. The van der Waals surface area contributed by atoms with Crippen molar-refractivity contribution in [3.05, 3.63) is 24.8 Å². The number of hydrogen-bond acceptors (Lipinski definition) is 4. The van der Waals surface area contributed by atoms with Crippen LogP contribution in [0, 0.1) is 0 Å². The van der Waals surface area contributed by atoms with Gasteiger partial charge in [-0.1, -0.05) is 18.2 Å². The molecule has 0 unspecified atom stereocenters. The SMILES string of the molecule is C=C[C@@H](CCC(=C)C)OC(=O)[C@H](C)NC(=O)OCC. The van der Waals surface area contributed by atoms with Crippen molar-refractivity contribution in [2.24, 2.45) is 0 Å². The molecule has 19 heavy (non-hydrogen) atoms. The van der Waals surface area contributed by atoms with E-state index in [4.69, 9.17) is 4.74 Å². The van der Waals surface area contributed by atoms with Crippen LogP contribution in [-0.2, 0) is 14.3 Å². The van der Waals surface area contributed by atoms with E-state index < -0.39 is 18.1 Å². The first-order valence-corrected chi connectivity index (χ1v) is 6.31. The average Bonchev–Trinajstić information content (AvgIpc) is 2.33. The number of nitrogens with one attached hydrogen (secondary N) is 1. The molecule has 0 saturated heterocycles. The molecule has 0 aromatic carbocycles. The Labute approximate surface area is 114 Å². The fourth-order valence-corrected chi connectivity index (χ4v) is 1.27. The van der Waals surface area contributed by atoms with E-state index in [1.807, 2.05) is 6.92 Å². The standard InChI is InChI=1S/C14H23NO4/c1-6-12(9-8-10(3)4)19-13(16)11(5)15-14(17)18-7-2/h6,11-12H,1,3,7-9H2,2,4-5H3,(H,15,17)/t11-,12-/m0/s1. The smallest absolute Gasteiger partial charge is 0.407 e. The van der Waals surface area contributed by atoms with Gasteiger partial charge in [0, 0.05) is 0 Å². The Hall–Kier alpha value is -1.78. The van der Waals surface area contributed by atoms with Crippen LogP contribution < -0.4 is 5.32 Å². The summed E-state index contributed by atoms with van der Waals surface area (Å²) in [4.78, 5) is 22.9. The van der Waals surface area contributed by atoms with Crippen molar-refractivity contribution in [1.29, 1.82) is 0 Å². The highest BCUT2D eigenvalue weighted by Gasteiger charge is 2.20. The normalized spacial score (nSPS) is 13.0. The van der Waals surface area contributed by atoms with Crippen molar-refractivity contribution in [2.45, 2.75) is 45.8 Å². The lowest BCUT2D eigenvalue weighted by Gasteiger charge is -2.18. The largest absolute Gasteiger partial charge is 0.457 e. The zero-order chi connectivity index (χ0) is 14.8. The molecule has 108 valence electrons. The van der Waals surface area contributed by atoms with Crippen LogP contribution in [0.5, 0.6) is 0 Å². The molecule has 0 aromatic rings. The number of alkyl carbamates (subject to hydrolysis) is 1. The first kappa shape index (κ1) is 17.2. The minimum atomic E-state index is -0.758. The second-order valence-electron chi connectivity index (χ2n) is 4.29. The molecule has 0 heterocycles. The van der Waals surface area contributed by atoms with E-state index in [0.29, 0.717) is 6.42 Å². The highest BCUT2D eigenvalue weighted by atomic mass is 16.6. The number of carbonyl (C=O) groups is 2. The summed E-state index contributed by atoms with van der Waals surface area (Å²) in [7, 11) is 0. The van der Waals surface area contributed by atoms with Crippen LogP contribution >= 0.6 is 0 Å². The summed E-state index contributed by atoms with van der Waals surface area (Å²) in [5.41, 5.74) is 1.01. The number of carbonyl (C=O) groups excluding carboxylic acids is 2. The van der Waals surface area contributed by atoms with Crippen LogP contribution in [0.2, 0.25) is 0 Å². The first-order chi connectivity index (χ1) is 8.90. The van der Waals surface area contributed by atoms with Crippen molar-refractivity contribution in [3.8, 4) is 0 Å². The maximum Gasteiger partial charge on any atom is 0.407 e. The van der Waals surface area contributed by atoms with Crippen LogP contribution in [0.25, 0.3) is 0 Å². The van der Waals surface area contributed by atoms with E-state index in [0.717, 1.165) is 12.0 Å². The Balaban J connectivity index is 4.20. The Morgan fingerprint density at radius 3 is 2.53 bits per heavy atom. The van der Waals surface area contributed by atoms with Gasteiger partial charge in [-0.15, -0.1) is 6.58 Å². The molecule has 5 nitrogen and oxygen atoms in total. The third-order valence-corrected chi connectivity index (χ3v) is 2.35. The van der Waals surface area contributed by atoms with Gasteiger partial charge < -0.3 is 14.8 Å². The highest BCUT2D eigenvalue weighted by Crippen LogP contribution is 2.09. The van der Waals surface area contributed by atoms with E-state index in [-0.39, 0.29) is 12.7 Å². The van der Waals surface area contributed by atoms with E-state index in [9.17, 15) is 9.59 Å². The van der Waals surface area contributed by atoms with Crippen LogP contribution in [-0.4, -0.2) is 30.8 Å². The van der Waals surface area contributed by atoms with Crippen molar-refractivity contribution in [1.82, 2.24) is 5.32 Å². The molecule has 0 aliphatic rings. The van der Waals surface area contributed by atoms with Crippen molar-refractivity contribution in [2.75, 3.05) is 6.61 Å². The lowest BCUT2D eigenvalue weighted by atomic mass is 10.1. The minimum absolute atomic E-state index is 0.251. The van der Waals surface area contributed by atoms with E-state index in [1.54, 1.807) is 13.0 Å². The van der Waals surface area contributed by atoms with Gasteiger partial charge in [0.25, 0.3) is 0 Å². The van der Waals surface area contributed by atoms with Gasteiger partial charge in [-0.3, -0.25) is 0 Å². The number of esters is 1. The zero-order valence-corrected chi connectivity index (χ0v) is 11.9. The lowest BCUT2D eigenvalue weighted by Crippen LogP contribution is -2.41. The molecule has 0 aromatic heterocycles. The second kappa shape index (κ2) is 9.19. The molecule has 0 aliphatic carbocycles. The van der Waals surface area contributed by atoms with Crippen LogP contribution in [0.3, 0.4) is 0 Å². The van der Waals surface area contributed by atoms with Gasteiger partial charge >= 0.3 is 12.1 Å². The third kappa shape index (κ3) is 8.02. The Kier molecular flexibility index (Phi) is 8.33. The minimum Gasteiger partial charge on any atom is -0.457 e. The van der Waals surface area contributed by atoms with Gasteiger partial charge in [0.15, 0.2) is 0 Å². The molecule has 0 spiro atoms. The summed E-state index contributed by atoms with van der Waals surface area (Å²) in [6.45, 7) is 12.8. The average molecular weight is 269 g/mol. The van der Waals surface area contributed by atoms with Crippen molar-refractivity contribution < 1.29 is 19.1 Å². The quantitative estimate of drug-likeness (QED) is 0.543. The van der Waals surface area contributed by atoms with Gasteiger partial charge in [0.1, 0.15) is 12.1 Å². The number of amides is 1. The lowest BCUT2D eigenvalue weighted by molar-refractivity contribution is -0.149. The topological polar surface area (TPSA) is 64.6 Å². The molecular weight excluding hydrogens is 246 g/mol. The first-order valence-electron chi connectivity index (χ1n) is 6.31. The molecule has 2 atom stereocenters. The van der Waals surface area contributed by atoms with E-state index >= 15 is 0 Å². The predicted molar refractivity (Wildman–Crippen MR) is 73.7 cm³/mol. The Morgan fingerprint density at radius 1 is 1.42 bits per heavy atom. The summed E-state index contributed by atoms with van der Waals surface area (Å²) < 4.78 is 9.91. The number of allylic oxidation sites excluding steroid dienone is 1. The number of rotatable bonds is 8. The molecule has 0 radical (unpaired) electrons. The molecule has 1 amide bonds. The van der Waals surface area contributed by atoms with Gasteiger partial charge in [-0.2, -0.15) is 0 Å². The van der Waals surface area contributed by atoms with Crippen LogP contribution in [0.1, 0.15) is 33.6 Å². The monoisotopic (exact) mass is 269 g/mol. The maximum absolute atomic E-state index is 11.7. The van der Waals surface area contributed by atoms with Gasteiger partial charge in [-0.05, 0) is 33.6 Å². The molecule has 0 bridgehead atoms. The predicted octanol–water partition coefficient (Wildman–Crippen LogP) is 2.58. The van der Waals surface area contributed by atoms with Crippen LogP contribution in [0.4, 0.5) is 4.79 Å². The zero-order valence-electron chi connectivity index (χ0n) is 11.9.